The molecule has 0 spiro atoms. The minimum absolute atomic E-state index is 0.190. The molecule has 19 heavy (non-hydrogen) atoms. The molecule has 102 valence electrons. The number of para-hydroxylation sites is 1. The second-order valence-electron chi connectivity index (χ2n) is 4.96. The Kier molecular flexibility index (Phi) is 3.13. The van der Waals surface area contributed by atoms with Crippen LogP contribution in [0.25, 0.3) is 0 Å². The van der Waals surface area contributed by atoms with E-state index in [0.717, 1.165) is 6.07 Å². The third kappa shape index (κ3) is 2.23. The number of nitrogens with two attached hydrogens (primary N) is 1. The number of amides is 1. The van der Waals surface area contributed by atoms with Crippen LogP contribution in [0.15, 0.2) is 18.2 Å². The van der Waals surface area contributed by atoms with E-state index in [-0.39, 0.29) is 12.2 Å². The summed E-state index contributed by atoms with van der Waals surface area (Å²) < 4.78 is 13.5. The molecule has 0 aliphatic carbocycles. The van der Waals surface area contributed by atoms with Gasteiger partial charge in [-0.05, 0) is 25.5 Å². The second-order valence-corrected chi connectivity index (χ2v) is 4.96. The number of benzene rings is 1. The molecule has 0 bridgehead atoms. The van der Waals surface area contributed by atoms with Crippen molar-refractivity contribution in [3.63, 3.8) is 0 Å². The molecule has 0 radical (unpaired) electrons. The summed E-state index contributed by atoms with van der Waals surface area (Å²) in [6, 6.07) is 3.94. The molecule has 1 amide bonds. The number of rotatable bonds is 3. The van der Waals surface area contributed by atoms with Gasteiger partial charge in [0.2, 0.25) is 11.7 Å². The number of hydrogen-bond donors (Lipinski definition) is 1. The van der Waals surface area contributed by atoms with Gasteiger partial charge in [-0.2, -0.15) is 4.39 Å². The Balaban J connectivity index is 2.37. The molecule has 1 unspecified atom stereocenters. The average Bonchev–Trinajstić information content (AvgIpc) is 2.72. The molecule has 1 aromatic carbocycles. The third-order valence-corrected chi connectivity index (χ3v) is 3.56. The highest BCUT2D eigenvalue weighted by Gasteiger charge is 2.40. The van der Waals surface area contributed by atoms with E-state index in [2.05, 4.69) is 0 Å². The number of anilines is 1. The van der Waals surface area contributed by atoms with Crippen LogP contribution >= 0.6 is 0 Å². The van der Waals surface area contributed by atoms with Gasteiger partial charge in [-0.15, -0.1) is 0 Å². The normalized spacial score (nSPS) is 22.5. The van der Waals surface area contributed by atoms with E-state index in [1.54, 1.807) is 11.8 Å². The van der Waals surface area contributed by atoms with E-state index in [1.807, 2.05) is 0 Å². The molecule has 1 saturated heterocycles. The highest BCUT2D eigenvalue weighted by molar-refractivity contribution is 5.82. The summed E-state index contributed by atoms with van der Waals surface area (Å²) in [7, 11) is 0. The number of nitrogens with zero attached hydrogens (tertiary/aromatic N) is 2. The Morgan fingerprint density at radius 2 is 2.26 bits per heavy atom. The average molecular weight is 267 g/mol. The molecule has 0 saturated carbocycles. The number of nitro benzene ring substituents is 1. The van der Waals surface area contributed by atoms with Gasteiger partial charge in [0.25, 0.3) is 0 Å². The molecule has 7 heteroatoms. The van der Waals surface area contributed by atoms with E-state index in [0.29, 0.717) is 13.0 Å². The lowest BCUT2D eigenvalue weighted by Gasteiger charge is -2.22. The van der Waals surface area contributed by atoms with Gasteiger partial charge in [-0.1, -0.05) is 6.07 Å². The van der Waals surface area contributed by atoms with Crippen molar-refractivity contribution in [2.24, 2.45) is 11.1 Å². The van der Waals surface area contributed by atoms with E-state index in [9.17, 15) is 19.3 Å². The molecule has 1 fully saturated rings. The van der Waals surface area contributed by atoms with Crippen molar-refractivity contribution >= 4 is 17.3 Å². The molecular formula is C12H14FN3O3. The summed E-state index contributed by atoms with van der Waals surface area (Å²) in [6.45, 7) is 2.40. The zero-order chi connectivity index (χ0) is 14.2. The summed E-state index contributed by atoms with van der Waals surface area (Å²) in [5, 5.41) is 10.9. The fraction of sp³-hybridized carbons (Fsp3) is 0.417. The number of halogens is 1. The van der Waals surface area contributed by atoms with Gasteiger partial charge < -0.3 is 10.6 Å². The first-order chi connectivity index (χ1) is 8.85. The van der Waals surface area contributed by atoms with Gasteiger partial charge in [0.1, 0.15) is 5.69 Å². The van der Waals surface area contributed by atoms with E-state index in [4.69, 9.17) is 5.73 Å². The standard InChI is InChI=1S/C12H14FN3O3/c1-12(11(14)17)5-6-15(7-12)9-4-2-3-8(13)10(9)16(18)19/h2-4H,5-7H2,1H3,(H2,14,17). The molecule has 1 atom stereocenters. The molecule has 1 heterocycles. The third-order valence-electron chi connectivity index (χ3n) is 3.56. The molecule has 6 nitrogen and oxygen atoms in total. The van der Waals surface area contributed by atoms with Crippen LogP contribution < -0.4 is 10.6 Å². The number of carbonyl (C=O) groups is 1. The zero-order valence-corrected chi connectivity index (χ0v) is 10.4. The zero-order valence-electron chi connectivity index (χ0n) is 10.4. The van der Waals surface area contributed by atoms with Gasteiger partial charge >= 0.3 is 5.69 Å². The molecule has 2 N–H and O–H groups in total. The summed E-state index contributed by atoms with van der Waals surface area (Å²) in [5.41, 5.74) is 4.22. The maximum Gasteiger partial charge on any atom is 0.327 e. The Bertz CT molecular complexity index is 549. The van der Waals surface area contributed by atoms with Crippen molar-refractivity contribution in [2.75, 3.05) is 18.0 Å². The van der Waals surface area contributed by atoms with Gasteiger partial charge in [-0.25, -0.2) is 0 Å². The van der Waals surface area contributed by atoms with E-state index in [1.165, 1.54) is 12.1 Å². The fourth-order valence-corrected chi connectivity index (χ4v) is 2.31. The molecule has 1 aromatic rings. The second kappa shape index (κ2) is 4.49. The summed E-state index contributed by atoms with van der Waals surface area (Å²) >= 11 is 0. The Labute approximate surface area is 109 Å². The summed E-state index contributed by atoms with van der Waals surface area (Å²) in [4.78, 5) is 23.2. The van der Waals surface area contributed by atoms with Crippen molar-refractivity contribution in [1.82, 2.24) is 0 Å². The highest BCUT2D eigenvalue weighted by Crippen LogP contribution is 2.38. The fourth-order valence-electron chi connectivity index (χ4n) is 2.31. The topological polar surface area (TPSA) is 89.5 Å². The lowest BCUT2D eigenvalue weighted by Crippen LogP contribution is -2.37. The summed E-state index contributed by atoms with van der Waals surface area (Å²) in [6.07, 6.45) is 0.496. The lowest BCUT2D eigenvalue weighted by atomic mass is 9.89. The Morgan fingerprint density at radius 3 is 2.79 bits per heavy atom. The van der Waals surface area contributed by atoms with Crippen LogP contribution in [0.3, 0.4) is 0 Å². The Morgan fingerprint density at radius 1 is 1.58 bits per heavy atom. The van der Waals surface area contributed by atoms with Crippen LogP contribution in [-0.4, -0.2) is 23.9 Å². The van der Waals surface area contributed by atoms with Crippen molar-refractivity contribution in [3.05, 3.63) is 34.1 Å². The largest absolute Gasteiger partial charge is 0.369 e. The quantitative estimate of drug-likeness (QED) is 0.662. The van der Waals surface area contributed by atoms with Crippen LogP contribution in [0, 0.1) is 21.3 Å². The minimum atomic E-state index is -0.879. The van der Waals surface area contributed by atoms with E-state index >= 15 is 0 Å². The van der Waals surface area contributed by atoms with Crippen molar-refractivity contribution in [1.29, 1.82) is 0 Å². The van der Waals surface area contributed by atoms with Crippen LogP contribution in [0.5, 0.6) is 0 Å². The van der Waals surface area contributed by atoms with Gasteiger partial charge in [0.05, 0.1) is 10.3 Å². The lowest BCUT2D eigenvalue weighted by molar-refractivity contribution is -0.386. The number of hydrogen-bond acceptors (Lipinski definition) is 4. The SMILES string of the molecule is CC1(C(N)=O)CCN(c2cccc(F)c2[N+](=O)[O-])C1. The molecule has 2 rings (SSSR count). The van der Waals surface area contributed by atoms with Crippen LogP contribution in [-0.2, 0) is 4.79 Å². The predicted octanol–water partition coefficient (Wildman–Crippen LogP) is 1.44. The van der Waals surface area contributed by atoms with Gasteiger partial charge in [0, 0.05) is 13.1 Å². The predicted molar refractivity (Wildman–Crippen MR) is 67.2 cm³/mol. The maximum absolute atomic E-state index is 13.5. The van der Waals surface area contributed by atoms with Crippen LogP contribution in [0.1, 0.15) is 13.3 Å². The van der Waals surface area contributed by atoms with E-state index < -0.39 is 27.8 Å². The first kappa shape index (κ1) is 13.3. The summed E-state index contributed by atoms with van der Waals surface area (Å²) in [5.74, 6) is -1.33. The maximum atomic E-state index is 13.5. The Hall–Kier alpha value is -2.18. The molecule has 0 aromatic heterocycles. The molecule has 1 aliphatic heterocycles. The number of primary amides is 1. The first-order valence-corrected chi connectivity index (χ1v) is 5.83. The molecular weight excluding hydrogens is 253 g/mol. The molecule has 1 aliphatic rings. The van der Waals surface area contributed by atoms with Gasteiger partial charge in [0.15, 0.2) is 0 Å². The van der Waals surface area contributed by atoms with Crippen molar-refractivity contribution < 1.29 is 14.1 Å². The minimum Gasteiger partial charge on any atom is -0.369 e. The van der Waals surface area contributed by atoms with Gasteiger partial charge in [-0.3, -0.25) is 14.9 Å². The number of carbonyl (C=O) groups excluding carboxylic acids is 1. The highest BCUT2D eigenvalue weighted by atomic mass is 19.1. The number of nitro groups is 1. The smallest absolute Gasteiger partial charge is 0.327 e. The van der Waals surface area contributed by atoms with Crippen molar-refractivity contribution in [3.8, 4) is 0 Å². The monoisotopic (exact) mass is 267 g/mol. The van der Waals surface area contributed by atoms with Crippen molar-refractivity contribution in [2.45, 2.75) is 13.3 Å². The van der Waals surface area contributed by atoms with Crippen LogP contribution in [0.4, 0.5) is 15.8 Å². The first-order valence-electron chi connectivity index (χ1n) is 5.83. The van der Waals surface area contributed by atoms with Crippen LogP contribution in [0.2, 0.25) is 0 Å².